The Balaban J connectivity index is 1.30. The average Bonchev–Trinajstić information content (AvgIpc) is 3.26. The predicted molar refractivity (Wildman–Crippen MR) is 102 cm³/mol. The van der Waals surface area contributed by atoms with Crippen LogP contribution in [0.3, 0.4) is 0 Å². The second-order valence-corrected chi connectivity index (χ2v) is 9.23. The van der Waals surface area contributed by atoms with Gasteiger partial charge in [0.25, 0.3) is 0 Å². The van der Waals surface area contributed by atoms with Gasteiger partial charge in [-0.25, -0.2) is 0 Å². The number of benzene rings is 1. The van der Waals surface area contributed by atoms with E-state index in [1.54, 1.807) is 5.41 Å². The number of hydrogen-bond acceptors (Lipinski definition) is 2. The SMILES string of the molecule is O=C(Cc1ccc(-n2cccc2)cc1)N(CC12CC1C2)C1C=CS(=O)C1. The molecule has 2 saturated carbocycles. The van der Waals surface area contributed by atoms with Crippen LogP contribution >= 0.6 is 0 Å². The van der Waals surface area contributed by atoms with Gasteiger partial charge in [-0.15, -0.1) is 0 Å². The van der Waals surface area contributed by atoms with Crippen molar-refractivity contribution >= 4 is 16.7 Å². The van der Waals surface area contributed by atoms with Crippen molar-refractivity contribution in [3.05, 3.63) is 65.8 Å². The van der Waals surface area contributed by atoms with E-state index in [1.807, 2.05) is 59.8 Å². The summed E-state index contributed by atoms with van der Waals surface area (Å²) in [7, 11) is -0.928. The third kappa shape index (κ3) is 2.94. The molecule has 1 aliphatic heterocycles. The maximum atomic E-state index is 13.0. The van der Waals surface area contributed by atoms with Gasteiger partial charge in [0.15, 0.2) is 0 Å². The molecule has 2 heterocycles. The summed E-state index contributed by atoms with van der Waals surface area (Å²) >= 11 is 0. The zero-order chi connectivity index (χ0) is 17.7. The van der Waals surface area contributed by atoms with Crippen LogP contribution in [0.4, 0.5) is 0 Å². The first-order valence-corrected chi connectivity index (χ1v) is 10.6. The molecular weight excluding hydrogens is 344 g/mol. The molecule has 3 aliphatic rings. The van der Waals surface area contributed by atoms with Crippen molar-refractivity contribution in [2.24, 2.45) is 11.3 Å². The molecule has 4 nitrogen and oxygen atoms in total. The Kier molecular flexibility index (Phi) is 3.67. The molecule has 5 rings (SSSR count). The number of carbonyl (C=O) groups excluding carboxylic acids is 1. The second kappa shape index (κ2) is 5.95. The van der Waals surface area contributed by atoms with Crippen LogP contribution in [0.15, 0.2) is 60.3 Å². The molecule has 5 heteroatoms. The van der Waals surface area contributed by atoms with Gasteiger partial charge in [0.1, 0.15) is 0 Å². The van der Waals surface area contributed by atoms with E-state index in [-0.39, 0.29) is 11.9 Å². The van der Waals surface area contributed by atoms with E-state index in [2.05, 4.69) is 4.57 Å². The Morgan fingerprint density at radius 2 is 1.88 bits per heavy atom. The number of rotatable bonds is 6. The van der Waals surface area contributed by atoms with Gasteiger partial charge in [-0.3, -0.25) is 9.00 Å². The summed E-state index contributed by atoms with van der Waals surface area (Å²) in [6.07, 6.45) is 8.91. The highest BCUT2D eigenvalue weighted by Crippen LogP contribution is 2.75. The molecule has 0 saturated heterocycles. The number of amides is 1. The number of hydrogen-bond donors (Lipinski definition) is 0. The van der Waals surface area contributed by atoms with Crippen molar-refractivity contribution in [1.82, 2.24) is 9.47 Å². The minimum atomic E-state index is -0.928. The molecule has 2 aliphatic carbocycles. The molecule has 2 unspecified atom stereocenters. The van der Waals surface area contributed by atoms with E-state index >= 15 is 0 Å². The standard InChI is InChI=1S/C21H22N2O2S/c24-20(11-16-3-5-18(6-4-16)22-8-1-2-9-22)23(15-21-12-17(21)13-21)19-7-10-26(25)14-19/h1-10,17,19H,11-15H2. The first-order valence-electron chi connectivity index (χ1n) is 9.20. The largest absolute Gasteiger partial charge is 0.334 e. The summed E-state index contributed by atoms with van der Waals surface area (Å²) in [6.45, 7) is 0.837. The molecule has 0 N–H and O–H groups in total. The van der Waals surface area contributed by atoms with Gasteiger partial charge >= 0.3 is 0 Å². The maximum absolute atomic E-state index is 13.0. The van der Waals surface area contributed by atoms with Gasteiger partial charge in [-0.05, 0) is 54.0 Å². The molecule has 1 aromatic heterocycles. The summed E-state index contributed by atoms with van der Waals surface area (Å²) in [5.41, 5.74) is 2.53. The number of carbonyl (C=O) groups is 1. The van der Waals surface area contributed by atoms with Gasteiger partial charge in [0.05, 0.1) is 18.2 Å². The summed E-state index contributed by atoms with van der Waals surface area (Å²) in [5, 5.41) is 1.74. The summed E-state index contributed by atoms with van der Waals surface area (Å²) in [6, 6.07) is 12.2. The van der Waals surface area contributed by atoms with Crippen LogP contribution in [0, 0.1) is 11.3 Å². The minimum absolute atomic E-state index is 0.00120. The fourth-order valence-corrected chi connectivity index (χ4v) is 5.11. The van der Waals surface area contributed by atoms with Gasteiger partial charge in [0.2, 0.25) is 5.91 Å². The van der Waals surface area contributed by atoms with Crippen LogP contribution < -0.4 is 0 Å². The smallest absolute Gasteiger partial charge is 0.227 e. The normalized spacial score (nSPS) is 30.8. The van der Waals surface area contributed by atoms with Crippen LogP contribution in [0.5, 0.6) is 0 Å². The molecule has 26 heavy (non-hydrogen) atoms. The maximum Gasteiger partial charge on any atom is 0.227 e. The molecular formula is C21H22N2O2S. The molecule has 0 spiro atoms. The lowest BCUT2D eigenvalue weighted by molar-refractivity contribution is -0.132. The Morgan fingerprint density at radius 1 is 1.19 bits per heavy atom. The number of aromatic nitrogens is 1. The molecule has 2 aromatic rings. The highest BCUT2D eigenvalue weighted by Gasteiger charge is 2.70. The molecule has 2 atom stereocenters. The quantitative estimate of drug-likeness (QED) is 0.789. The topological polar surface area (TPSA) is 42.3 Å². The molecule has 134 valence electrons. The van der Waals surface area contributed by atoms with E-state index in [9.17, 15) is 9.00 Å². The lowest BCUT2D eigenvalue weighted by atomic mass is 10.1. The van der Waals surface area contributed by atoms with Crippen molar-refractivity contribution in [3.63, 3.8) is 0 Å². The molecule has 1 aromatic carbocycles. The van der Waals surface area contributed by atoms with Crippen molar-refractivity contribution in [2.45, 2.75) is 25.3 Å². The first kappa shape index (κ1) is 16.1. The van der Waals surface area contributed by atoms with E-state index in [0.29, 0.717) is 17.6 Å². The van der Waals surface area contributed by atoms with Crippen LogP contribution in [-0.4, -0.2) is 37.9 Å². The summed E-state index contributed by atoms with van der Waals surface area (Å²) < 4.78 is 13.8. The lowest BCUT2D eigenvalue weighted by Crippen LogP contribution is -2.43. The highest BCUT2D eigenvalue weighted by molar-refractivity contribution is 7.88. The molecule has 2 fully saturated rings. The highest BCUT2D eigenvalue weighted by atomic mass is 32.2. The fourth-order valence-electron chi connectivity index (χ4n) is 4.01. The summed E-state index contributed by atoms with van der Waals surface area (Å²) in [4.78, 5) is 15.0. The lowest BCUT2D eigenvalue weighted by Gasteiger charge is -2.29. The van der Waals surface area contributed by atoms with Gasteiger partial charge in [0, 0.05) is 40.8 Å². The van der Waals surface area contributed by atoms with Crippen molar-refractivity contribution in [1.29, 1.82) is 0 Å². The van der Waals surface area contributed by atoms with Gasteiger partial charge in [-0.1, -0.05) is 18.2 Å². The van der Waals surface area contributed by atoms with Crippen LogP contribution in [0.25, 0.3) is 5.69 Å². The van der Waals surface area contributed by atoms with Crippen molar-refractivity contribution < 1.29 is 9.00 Å². The van der Waals surface area contributed by atoms with Crippen molar-refractivity contribution in [2.75, 3.05) is 12.3 Å². The van der Waals surface area contributed by atoms with Gasteiger partial charge < -0.3 is 9.47 Å². The Labute approximate surface area is 156 Å². The van der Waals surface area contributed by atoms with E-state index in [4.69, 9.17) is 0 Å². The van der Waals surface area contributed by atoms with Crippen LogP contribution in [0.2, 0.25) is 0 Å². The Bertz CT molecular complexity index is 879. The minimum Gasteiger partial charge on any atom is -0.334 e. The average molecular weight is 366 g/mol. The Morgan fingerprint density at radius 3 is 2.46 bits per heavy atom. The van der Waals surface area contributed by atoms with E-state index < -0.39 is 10.8 Å². The van der Waals surface area contributed by atoms with Crippen LogP contribution in [0.1, 0.15) is 18.4 Å². The predicted octanol–water partition coefficient (Wildman–Crippen LogP) is 2.90. The molecule has 1 amide bonds. The third-order valence-electron chi connectivity index (χ3n) is 6.04. The first-order chi connectivity index (χ1) is 12.6. The monoisotopic (exact) mass is 366 g/mol. The second-order valence-electron chi connectivity index (χ2n) is 7.87. The molecule has 0 bridgehead atoms. The van der Waals surface area contributed by atoms with E-state index in [0.717, 1.165) is 23.7 Å². The van der Waals surface area contributed by atoms with Crippen LogP contribution in [-0.2, 0) is 22.0 Å². The fraction of sp³-hybridized carbons (Fsp3) is 0.381. The zero-order valence-corrected chi connectivity index (χ0v) is 15.4. The zero-order valence-electron chi connectivity index (χ0n) is 14.6. The van der Waals surface area contributed by atoms with E-state index in [1.165, 1.54) is 12.8 Å². The van der Waals surface area contributed by atoms with Crippen molar-refractivity contribution in [3.8, 4) is 5.69 Å². The third-order valence-corrected chi connectivity index (χ3v) is 7.17. The Hall–Kier alpha value is -2.14. The number of nitrogens with zero attached hydrogens (tertiary/aromatic N) is 2. The summed E-state index contributed by atoms with van der Waals surface area (Å²) in [5.74, 6) is 1.55. The number of fused-ring (bicyclic) bond motifs is 1. The molecule has 0 radical (unpaired) electrons. The van der Waals surface area contributed by atoms with Gasteiger partial charge in [-0.2, -0.15) is 0 Å².